The van der Waals surface area contributed by atoms with Gasteiger partial charge >= 0.3 is 5.97 Å². The topological polar surface area (TPSA) is 84.9 Å². The van der Waals surface area contributed by atoms with E-state index in [1.54, 1.807) is 6.92 Å². The molecule has 144 valence electrons. The number of hydrogen-bond donors (Lipinski definition) is 2. The summed E-state index contributed by atoms with van der Waals surface area (Å²) in [6.45, 7) is 8.85. The van der Waals surface area contributed by atoms with Crippen molar-refractivity contribution in [3.05, 3.63) is 29.3 Å². The zero-order chi connectivity index (χ0) is 19.3. The molecule has 1 fully saturated rings. The van der Waals surface area contributed by atoms with Gasteiger partial charge in [-0.3, -0.25) is 9.59 Å². The summed E-state index contributed by atoms with van der Waals surface area (Å²) in [4.78, 5) is 23.8. The average Bonchev–Trinajstić information content (AvgIpc) is 2.54. The van der Waals surface area contributed by atoms with Gasteiger partial charge in [-0.05, 0) is 55.9 Å². The van der Waals surface area contributed by atoms with Crippen LogP contribution in [0.15, 0.2) is 18.2 Å². The minimum absolute atomic E-state index is 0.114. The summed E-state index contributed by atoms with van der Waals surface area (Å²) >= 11 is 0. The number of hydrogen-bond acceptors (Lipinski definition) is 4. The molecule has 1 saturated heterocycles. The van der Waals surface area contributed by atoms with Gasteiger partial charge in [-0.1, -0.05) is 19.9 Å². The fourth-order valence-electron chi connectivity index (χ4n) is 3.39. The Kier molecular flexibility index (Phi) is 6.64. The standard InChI is InChI=1S/C20H29NO5/c1-13(2)17-6-5-16(11-14(17)3)26-15(4)19(24)21-20(12-18(22)23)7-9-25-10-8-20/h5-6,11,13,15H,7-10,12H2,1-4H3,(H,21,24)(H,22,23). The van der Waals surface area contributed by atoms with Gasteiger partial charge in [-0.2, -0.15) is 0 Å². The van der Waals surface area contributed by atoms with Crippen LogP contribution in [0.25, 0.3) is 0 Å². The maximum absolute atomic E-state index is 12.6. The fraction of sp³-hybridized carbons (Fsp3) is 0.600. The highest BCUT2D eigenvalue weighted by molar-refractivity contribution is 5.82. The van der Waals surface area contributed by atoms with E-state index in [1.165, 1.54) is 5.56 Å². The van der Waals surface area contributed by atoms with Crippen LogP contribution in [0.1, 0.15) is 57.1 Å². The molecule has 0 spiro atoms. The van der Waals surface area contributed by atoms with Gasteiger partial charge in [0, 0.05) is 13.2 Å². The largest absolute Gasteiger partial charge is 0.481 e. The average molecular weight is 363 g/mol. The second-order valence-corrected chi connectivity index (χ2v) is 7.39. The number of carboxylic acid groups (broad SMARTS) is 1. The first-order valence-electron chi connectivity index (χ1n) is 9.11. The number of carbonyl (C=O) groups is 2. The molecular weight excluding hydrogens is 334 g/mol. The monoisotopic (exact) mass is 363 g/mol. The predicted molar refractivity (Wildman–Crippen MR) is 98.5 cm³/mol. The molecule has 26 heavy (non-hydrogen) atoms. The number of carbonyl (C=O) groups excluding carboxylic acids is 1. The molecule has 6 heteroatoms. The molecule has 1 amide bonds. The highest BCUT2D eigenvalue weighted by atomic mass is 16.5. The highest BCUT2D eigenvalue weighted by Gasteiger charge is 2.37. The molecule has 1 aliphatic heterocycles. The molecule has 1 unspecified atom stereocenters. The summed E-state index contributed by atoms with van der Waals surface area (Å²) < 4.78 is 11.1. The molecule has 1 aromatic carbocycles. The third kappa shape index (κ3) is 5.21. The van der Waals surface area contributed by atoms with Crippen LogP contribution in [-0.2, 0) is 14.3 Å². The zero-order valence-electron chi connectivity index (χ0n) is 16.0. The number of benzene rings is 1. The number of aryl methyl sites for hydroxylation is 1. The molecule has 1 atom stereocenters. The van der Waals surface area contributed by atoms with E-state index < -0.39 is 17.6 Å². The van der Waals surface area contributed by atoms with Crippen LogP contribution in [0.2, 0.25) is 0 Å². The number of carboxylic acids is 1. The predicted octanol–water partition coefficient (Wildman–Crippen LogP) is 3.03. The van der Waals surface area contributed by atoms with Crippen molar-refractivity contribution in [2.75, 3.05) is 13.2 Å². The number of ether oxygens (including phenoxy) is 2. The summed E-state index contributed by atoms with van der Waals surface area (Å²) in [5.74, 6) is -0.178. The van der Waals surface area contributed by atoms with Crippen molar-refractivity contribution in [1.29, 1.82) is 0 Å². The maximum atomic E-state index is 12.6. The van der Waals surface area contributed by atoms with E-state index in [2.05, 4.69) is 19.2 Å². The van der Waals surface area contributed by atoms with Crippen molar-refractivity contribution in [1.82, 2.24) is 5.32 Å². The van der Waals surface area contributed by atoms with Gasteiger partial charge in [0.15, 0.2) is 6.10 Å². The van der Waals surface area contributed by atoms with Crippen LogP contribution in [0.4, 0.5) is 0 Å². The van der Waals surface area contributed by atoms with E-state index in [1.807, 2.05) is 25.1 Å². The molecule has 2 rings (SSSR count). The van der Waals surface area contributed by atoms with Gasteiger partial charge in [0.1, 0.15) is 5.75 Å². The van der Waals surface area contributed by atoms with Crippen LogP contribution < -0.4 is 10.1 Å². The highest BCUT2D eigenvalue weighted by Crippen LogP contribution is 2.26. The molecule has 0 aromatic heterocycles. The lowest BCUT2D eigenvalue weighted by molar-refractivity contribution is -0.141. The normalized spacial score (nSPS) is 17.6. The molecular formula is C20H29NO5. The minimum atomic E-state index is -0.930. The van der Waals surface area contributed by atoms with E-state index in [4.69, 9.17) is 9.47 Å². The Labute approximate surface area is 154 Å². The summed E-state index contributed by atoms with van der Waals surface area (Å²) in [7, 11) is 0. The number of nitrogens with one attached hydrogen (secondary N) is 1. The van der Waals surface area contributed by atoms with Gasteiger partial charge in [0.25, 0.3) is 5.91 Å². The van der Waals surface area contributed by atoms with Crippen LogP contribution in [0.5, 0.6) is 5.75 Å². The van der Waals surface area contributed by atoms with E-state index in [0.717, 1.165) is 5.56 Å². The lowest BCUT2D eigenvalue weighted by Crippen LogP contribution is -2.56. The Hall–Kier alpha value is -2.08. The Bertz CT molecular complexity index is 650. The zero-order valence-corrected chi connectivity index (χ0v) is 16.0. The molecule has 0 aliphatic carbocycles. The van der Waals surface area contributed by atoms with E-state index in [9.17, 15) is 14.7 Å². The Morgan fingerprint density at radius 2 is 1.92 bits per heavy atom. The van der Waals surface area contributed by atoms with Crippen LogP contribution >= 0.6 is 0 Å². The lowest BCUT2D eigenvalue weighted by Gasteiger charge is -2.37. The first-order valence-corrected chi connectivity index (χ1v) is 9.11. The Morgan fingerprint density at radius 1 is 1.27 bits per heavy atom. The third-order valence-corrected chi connectivity index (χ3v) is 4.87. The van der Waals surface area contributed by atoms with Crippen LogP contribution in [0, 0.1) is 6.92 Å². The van der Waals surface area contributed by atoms with Crippen molar-refractivity contribution in [3.63, 3.8) is 0 Å². The minimum Gasteiger partial charge on any atom is -0.481 e. The smallest absolute Gasteiger partial charge is 0.305 e. The molecule has 1 aromatic rings. The van der Waals surface area contributed by atoms with Gasteiger partial charge < -0.3 is 19.9 Å². The molecule has 0 bridgehead atoms. The van der Waals surface area contributed by atoms with Gasteiger partial charge in [-0.25, -0.2) is 0 Å². The molecule has 1 heterocycles. The summed E-state index contributed by atoms with van der Waals surface area (Å²) in [6.07, 6.45) is 0.143. The summed E-state index contributed by atoms with van der Waals surface area (Å²) in [5, 5.41) is 12.1. The van der Waals surface area contributed by atoms with Gasteiger partial charge in [-0.15, -0.1) is 0 Å². The molecule has 6 nitrogen and oxygen atoms in total. The number of amides is 1. The quantitative estimate of drug-likeness (QED) is 0.778. The van der Waals surface area contributed by atoms with E-state index >= 15 is 0 Å². The fourth-order valence-corrected chi connectivity index (χ4v) is 3.39. The third-order valence-electron chi connectivity index (χ3n) is 4.87. The molecule has 0 saturated carbocycles. The second kappa shape index (κ2) is 8.54. The lowest BCUT2D eigenvalue weighted by atomic mass is 9.86. The van der Waals surface area contributed by atoms with Gasteiger partial charge in [0.2, 0.25) is 0 Å². The molecule has 0 radical (unpaired) electrons. The van der Waals surface area contributed by atoms with Crippen molar-refractivity contribution in [3.8, 4) is 5.75 Å². The van der Waals surface area contributed by atoms with Gasteiger partial charge in [0.05, 0.1) is 12.0 Å². The SMILES string of the molecule is Cc1cc(OC(C)C(=O)NC2(CC(=O)O)CCOCC2)ccc1C(C)C. The van der Waals surface area contributed by atoms with Crippen molar-refractivity contribution >= 4 is 11.9 Å². The summed E-state index contributed by atoms with van der Waals surface area (Å²) in [5.41, 5.74) is 1.60. The summed E-state index contributed by atoms with van der Waals surface area (Å²) in [6, 6.07) is 5.82. The van der Waals surface area contributed by atoms with Crippen molar-refractivity contribution < 1.29 is 24.2 Å². The van der Waals surface area contributed by atoms with Crippen molar-refractivity contribution in [2.45, 2.75) is 64.5 Å². The molecule has 2 N–H and O–H groups in total. The molecule has 1 aliphatic rings. The number of aliphatic carboxylic acids is 1. The Balaban J connectivity index is 2.04. The van der Waals surface area contributed by atoms with E-state index in [-0.39, 0.29) is 12.3 Å². The van der Waals surface area contributed by atoms with Crippen molar-refractivity contribution in [2.24, 2.45) is 0 Å². The maximum Gasteiger partial charge on any atom is 0.305 e. The first kappa shape index (κ1) is 20.2. The van der Waals surface area contributed by atoms with E-state index in [0.29, 0.717) is 37.7 Å². The number of rotatable bonds is 7. The van der Waals surface area contributed by atoms with Crippen LogP contribution in [-0.4, -0.2) is 41.8 Å². The second-order valence-electron chi connectivity index (χ2n) is 7.39. The van der Waals surface area contributed by atoms with Crippen LogP contribution in [0.3, 0.4) is 0 Å². The Morgan fingerprint density at radius 3 is 2.46 bits per heavy atom. The first-order chi connectivity index (χ1) is 12.2.